The van der Waals surface area contributed by atoms with E-state index < -0.39 is 0 Å². The fraction of sp³-hybridized carbons (Fsp3) is 0.441. The van der Waals surface area contributed by atoms with Gasteiger partial charge in [0, 0.05) is 32.6 Å². The van der Waals surface area contributed by atoms with E-state index in [1.165, 1.54) is 49.7 Å². The second-order valence-electron chi connectivity index (χ2n) is 10.1. The Kier molecular flexibility index (Phi) is 22.8. The van der Waals surface area contributed by atoms with E-state index >= 15 is 0 Å². The number of aryl methyl sites for hydroxylation is 4. The minimum absolute atomic E-state index is 0. The average molecular weight is 744 g/mol. The fourth-order valence-electron chi connectivity index (χ4n) is 4.47. The normalized spacial score (nSPS) is 14.0. The second kappa shape index (κ2) is 23.4. The summed E-state index contributed by atoms with van der Waals surface area (Å²) in [6.07, 6.45) is 9.79. The van der Waals surface area contributed by atoms with Crippen LogP contribution in [0.3, 0.4) is 0 Å². The Balaban J connectivity index is 0.000000884. The van der Waals surface area contributed by atoms with Gasteiger partial charge in [-0.05, 0) is 106 Å². The Morgan fingerprint density at radius 3 is 1.56 bits per heavy atom. The third kappa shape index (κ3) is 15.3. The first kappa shape index (κ1) is 40.0. The van der Waals surface area contributed by atoms with Crippen LogP contribution in [-0.2, 0) is 16.1 Å². The number of hydrogen-bond acceptors (Lipinski definition) is 4. The van der Waals surface area contributed by atoms with Crippen molar-refractivity contribution >= 4 is 11.9 Å². The number of ether oxygens (including phenoxy) is 3. The molecule has 0 spiro atoms. The second-order valence-corrected chi connectivity index (χ2v) is 10.1. The van der Waals surface area contributed by atoms with Crippen LogP contribution in [0.4, 0.5) is 5.69 Å². The van der Waals surface area contributed by atoms with Crippen LogP contribution in [0.15, 0.2) is 65.7 Å². The topological polar surface area (TPSA) is 40.0 Å². The van der Waals surface area contributed by atoms with Crippen LogP contribution >= 0.6 is 0 Å². The number of rotatable bonds is 5. The van der Waals surface area contributed by atoms with E-state index in [0.717, 1.165) is 60.1 Å². The van der Waals surface area contributed by atoms with Crippen molar-refractivity contribution in [2.75, 3.05) is 26.4 Å². The SMILES string of the molecule is C1CCOCC1.C1CCOCC1.Cc1cccc(C)c1N=Cc1cccc(COc2c(C)cccc2C)c1.[Cl-].[Cl-].[Gd+2]. The molecule has 0 unspecified atom stereocenters. The van der Waals surface area contributed by atoms with Crippen molar-refractivity contribution in [2.45, 2.75) is 72.8 Å². The van der Waals surface area contributed by atoms with Gasteiger partial charge in [0.2, 0.25) is 0 Å². The zero-order chi connectivity index (χ0) is 27.0. The van der Waals surface area contributed by atoms with Gasteiger partial charge in [-0.1, -0.05) is 54.6 Å². The van der Waals surface area contributed by atoms with Crippen molar-refractivity contribution < 1.29 is 79.0 Å². The number of aliphatic imine (C=N–C) groups is 1. The molecule has 226 valence electrons. The minimum atomic E-state index is 0. The van der Waals surface area contributed by atoms with Gasteiger partial charge in [0.1, 0.15) is 12.4 Å². The molecule has 7 heteroatoms. The Labute approximate surface area is 292 Å². The number of para-hydroxylation sites is 2. The Morgan fingerprint density at radius 2 is 1.12 bits per heavy atom. The summed E-state index contributed by atoms with van der Waals surface area (Å²) in [6, 6.07) is 20.8. The molecule has 0 aliphatic carbocycles. The predicted molar refractivity (Wildman–Crippen MR) is 159 cm³/mol. The van der Waals surface area contributed by atoms with Gasteiger partial charge in [-0.25, -0.2) is 0 Å². The Hall–Kier alpha value is -1.05. The summed E-state index contributed by atoms with van der Waals surface area (Å²) in [4.78, 5) is 4.70. The summed E-state index contributed by atoms with van der Waals surface area (Å²) in [6.45, 7) is 12.9. The summed E-state index contributed by atoms with van der Waals surface area (Å²) in [5, 5.41) is 0. The smallest absolute Gasteiger partial charge is 1.00 e. The van der Waals surface area contributed by atoms with Gasteiger partial charge < -0.3 is 39.0 Å². The van der Waals surface area contributed by atoms with Crippen molar-refractivity contribution in [3.8, 4) is 5.75 Å². The van der Waals surface area contributed by atoms with Crippen LogP contribution in [0.1, 0.15) is 71.9 Å². The third-order valence-electron chi connectivity index (χ3n) is 6.68. The van der Waals surface area contributed by atoms with Gasteiger partial charge in [-0.2, -0.15) is 0 Å². The van der Waals surface area contributed by atoms with Gasteiger partial charge in [-0.3, -0.25) is 4.99 Å². The molecule has 0 amide bonds. The molecule has 0 bridgehead atoms. The van der Waals surface area contributed by atoms with Crippen LogP contribution in [0.25, 0.3) is 0 Å². The Bertz CT molecular complexity index is 1070. The number of hydrogen-bond donors (Lipinski definition) is 0. The van der Waals surface area contributed by atoms with Crippen LogP contribution in [0, 0.1) is 67.6 Å². The maximum atomic E-state index is 6.07. The summed E-state index contributed by atoms with van der Waals surface area (Å²) in [5.41, 5.74) is 7.97. The largest absolute Gasteiger partial charge is 2.00 e. The molecule has 3 aromatic rings. The van der Waals surface area contributed by atoms with Gasteiger partial charge in [0.05, 0.1) is 5.69 Å². The molecule has 5 rings (SSSR count). The average Bonchev–Trinajstić information content (AvgIpc) is 2.95. The third-order valence-corrected chi connectivity index (χ3v) is 6.68. The predicted octanol–water partition coefficient (Wildman–Crippen LogP) is 2.63. The molecule has 4 nitrogen and oxygen atoms in total. The molecule has 0 saturated carbocycles. The van der Waals surface area contributed by atoms with Gasteiger partial charge >= 0.3 is 39.9 Å². The Morgan fingerprint density at radius 1 is 0.659 bits per heavy atom. The first-order valence-corrected chi connectivity index (χ1v) is 14.1. The van der Waals surface area contributed by atoms with Crippen molar-refractivity contribution in [3.05, 3.63) is 94.0 Å². The first-order valence-electron chi connectivity index (χ1n) is 14.1. The molecule has 0 N–H and O–H groups in total. The van der Waals surface area contributed by atoms with Crippen LogP contribution in [0.5, 0.6) is 5.75 Å². The molecule has 2 aliphatic rings. The monoisotopic (exact) mass is 743 g/mol. The summed E-state index contributed by atoms with van der Waals surface area (Å²) in [7, 11) is 0. The molecular weight excluding hydrogens is 699 g/mol. The van der Waals surface area contributed by atoms with Crippen LogP contribution in [-0.4, -0.2) is 32.6 Å². The van der Waals surface area contributed by atoms with Crippen molar-refractivity contribution in [1.82, 2.24) is 0 Å². The van der Waals surface area contributed by atoms with E-state index in [9.17, 15) is 0 Å². The zero-order valence-corrected chi connectivity index (χ0v) is 28.7. The van der Waals surface area contributed by atoms with Crippen LogP contribution in [0.2, 0.25) is 0 Å². The molecular formula is C34H45Cl2GdNO3. The maximum absolute atomic E-state index is 6.07. The summed E-state index contributed by atoms with van der Waals surface area (Å²) < 4.78 is 16.2. The minimum Gasteiger partial charge on any atom is -1.00 e. The number of nitrogens with zero attached hydrogens (tertiary/aromatic N) is 1. The fourth-order valence-corrected chi connectivity index (χ4v) is 4.47. The van der Waals surface area contributed by atoms with Crippen molar-refractivity contribution in [3.63, 3.8) is 0 Å². The van der Waals surface area contributed by atoms with E-state index in [-0.39, 0.29) is 64.8 Å². The molecule has 2 heterocycles. The van der Waals surface area contributed by atoms with Crippen molar-refractivity contribution in [2.24, 2.45) is 4.99 Å². The van der Waals surface area contributed by atoms with E-state index in [1.807, 2.05) is 6.21 Å². The summed E-state index contributed by atoms with van der Waals surface area (Å²) >= 11 is 0. The standard InChI is InChI=1S/C24H25NO.2C5H10O.2ClH.Gd/c1-17-8-5-9-18(2)23(17)25-15-21-12-7-13-22(14-21)16-26-24-19(3)10-6-11-20(24)4;2*1-2-4-6-5-3-1;;;/h5-15H,16H2,1-4H3;2*1-5H2;2*1H;/q;;;;;+2/p-2. The molecule has 3 aromatic carbocycles. The quantitative estimate of drug-likeness (QED) is 0.378. The molecule has 2 aliphatic heterocycles. The molecule has 0 atom stereocenters. The zero-order valence-electron chi connectivity index (χ0n) is 24.9. The molecule has 2 fully saturated rings. The van der Waals surface area contributed by atoms with E-state index in [1.54, 1.807) is 0 Å². The first-order chi connectivity index (χ1) is 18.5. The maximum Gasteiger partial charge on any atom is 2.00 e. The molecule has 41 heavy (non-hydrogen) atoms. The van der Waals surface area contributed by atoms with E-state index in [4.69, 9.17) is 19.2 Å². The van der Waals surface area contributed by atoms with Crippen molar-refractivity contribution in [1.29, 1.82) is 0 Å². The molecule has 2 saturated heterocycles. The molecule has 0 radical (unpaired) electrons. The van der Waals surface area contributed by atoms with Gasteiger partial charge in [0.15, 0.2) is 0 Å². The molecule has 0 aromatic heterocycles. The van der Waals surface area contributed by atoms with Gasteiger partial charge in [-0.15, -0.1) is 0 Å². The van der Waals surface area contributed by atoms with Crippen LogP contribution < -0.4 is 29.6 Å². The number of halogens is 2. The summed E-state index contributed by atoms with van der Waals surface area (Å²) in [5.74, 6) is 0.974. The van der Waals surface area contributed by atoms with Gasteiger partial charge in [0.25, 0.3) is 0 Å². The van der Waals surface area contributed by atoms with E-state index in [0.29, 0.717) is 6.61 Å². The van der Waals surface area contributed by atoms with E-state index in [2.05, 4.69) is 88.4 Å². The number of benzene rings is 3.